The van der Waals surface area contributed by atoms with Crippen LogP contribution in [0.4, 0.5) is 4.79 Å². The van der Waals surface area contributed by atoms with Crippen LogP contribution in [-0.4, -0.2) is 29.1 Å². The van der Waals surface area contributed by atoms with E-state index in [-0.39, 0.29) is 22.4 Å². The van der Waals surface area contributed by atoms with Crippen molar-refractivity contribution in [1.82, 2.24) is 4.90 Å². The Bertz CT molecular complexity index is 1290. The Labute approximate surface area is 210 Å². The highest BCUT2D eigenvalue weighted by atomic mass is 35.5. The summed E-state index contributed by atoms with van der Waals surface area (Å²) in [5.41, 5.74) is 1.67. The lowest BCUT2D eigenvalue weighted by molar-refractivity contribution is -0.123. The first kappa shape index (κ1) is 23.9. The molecule has 1 saturated heterocycles. The fourth-order valence-corrected chi connectivity index (χ4v) is 4.26. The van der Waals surface area contributed by atoms with E-state index in [9.17, 15) is 14.4 Å². The first-order valence-corrected chi connectivity index (χ1v) is 11.6. The number of methoxy groups -OCH3 is 1. The number of halogens is 2. The molecule has 3 aromatic rings. The molecular formula is C25H17Cl2NO5S. The molecule has 1 heterocycles. The third kappa shape index (κ3) is 5.44. The Hall–Kier alpha value is -3.26. The summed E-state index contributed by atoms with van der Waals surface area (Å²) in [5.74, 6) is -0.470. The summed E-state index contributed by atoms with van der Waals surface area (Å²) >= 11 is 12.6. The van der Waals surface area contributed by atoms with Crippen molar-refractivity contribution >= 4 is 58.2 Å². The second kappa shape index (κ2) is 10.3. The largest absolute Gasteiger partial charge is 0.493 e. The third-order valence-corrected chi connectivity index (χ3v) is 6.31. The van der Waals surface area contributed by atoms with Gasteiger partial charge in [-0.15, -0.1) is 0 Å². The lowest BCUT2D eigenvalue weighted by Crippen LogP contribution is -2.27. The van der Waals surface area contributed by atoms with Crippen molar-refractivity contribution in [1.29, 1.82) is 0 Å². The smallest absolute Gasteiger partial charge is 0.343 e. The van der Waals surface area contributed by atoms with Crippen molar-refractivity contribution in [2.45, 2.75) is 6.54 Å². The molecule has 0 unspecified atom stereocenters. The van der Waals surface area contributed by atoms with E-state index in [1.165, 1.54) is 12.0 Å². The van der Waals surface area contributed by atoms with Crippen LogP contribution in [0.15, 0.2) is 71.6 Å². The number of hydrogen-bond donors (Lipinski definition) is 0. The molecule has 0 aromatic heterocycles. The molecule has 0 bridgehead atoms. The second-order valence-electron chi connectivity index (χ2n) is 7.20. The standard InChI is InChI=1S/C25H17Cl2NO5S/c1-32-20-11-4-16(12-21(20)33-24(30)17-5-9-19(27)10-6-17)13-22-23(29)28(25(31)34-22)14-15-2-7-18(26)8-3-15/h2-13H,14H2,1H3/b22-13-. The van der Waals surface area contributed by atoms with Crippen LogP contribution in [-0.2, 0) is 11.3 Å². The fourth-order valence-electron chi connectivity index (χ4n) is 3.17. The van der Waals surface area contributed by atoms with Crippen molar-refractivity contribution < 1.29 is 23.9 Å². The fraction of sp³-hybridized carbons (Fsp3) is 0.0800. The second-order valence-corrected chi connectivity index (χ2v) is 9.07. The minimum atomic E-state index is -0.588. The monoisotopic (exact) mass is 513 g/mol. The first-order valence-electron chi connectivity index (χ1n) is 9.99. The highest BCUT2D eigenvalue weighted by molar-refractivity contribution is 8.18. The van der Waals surface area contributed by atoms with E-state index in [4.69, 9.17) is 32.7 Å². The van der Waals surface area contributed by atoms with Gasteiger partial charge >= 0.3 is 5.97 Å². The molecular weight excluding hydrogens is 497 g/mol. The van der Waals surface area contributed by atoms with Crippen LogP contribution >= 0.6 is 35.0 Å². The van der Waals surface area contributed by atoms with Gasteiger partial charge in [0.15, 0.2) is 11.5 Å². The van der Waals surface area contributed by atoms with Gasteiger partial charge in [0, 0.05) is 10.0 Å². The van der Waals surface area contributed by atoms with Gasteiger partial charge in [0.2, 0.25) is 0 Å². The molecule has 2 amide bonds. The van der Waals surface area contributed by atoms with Gasteiger partial charge in [-0.05, 0) is 77.5 Å². The molecule has 0 spiro atoms. The quantitative estimate of drug-likeness (QED) is 0.214. The number of esters is 1. The molecule has 1 fully saturated rings. The summed E-state index contributed by atoms with van der Waals surface area (Å²) in [4.78, 5) is 39.3. The number of carbonyl (C=O) groups is 3. The van der Waals surface area contributed by atoms with Gasteiger partial charge in [0.1, 0.15) is 0 Å². The number of thioether (sulfide) groups is 1. The number of ether oxygens (including phenoxy) is 2. The van der Waals surface area contributed by atoms with E-state index in [0.29, 0.717) is 26.9 Å². The van der Waals surface area contributed by atoms with Gasteiger partial charge in [-0.25, -0.2) is 4.79 Å². The molecule has 9 heteroatoms. The highest BCUT2D eigenvalue weighted by Crippen LogP contribution is 2.35. The minimum absolute atomic E-state index is 0.145. The van der Waals surface area contributed by atoms with Crippen molar-refractivity contribution in [3.63, 3.8) is 0 Å². The molecule has 0 aliphatic carbocycles. The molecule has 3 aromatic carbocycles. The van der Waals surface area contributed by atoms with Crippen LogP contribution in [0.3, 0.4) is 0 Å². The van der Waals surface area contributed by atoms with Gasteiger partial charge < -0.3 is 9.47 Å². The molecule has 34 heavy (non-hydrogen) atoms. The van der Waals surface area contributed by atoms with E-state index in [2.05, 4.69) is 0 Å². The molecule has 6 nitrogen and oxygen atoms in total. The summed E-state index contributed by atoms with van der Waals surface area (Å²) in [7, 11) is 1.46. The first-order chi connectivity index (χ1) is 16.3. The van der Waals surface area contributed by atoms with Gasteiger partial charge in [0.05, 0.1) is 24.1 Å². The van der Waals surface area contributed by atoms with Crippen LogP contribution < -0.4 is 9.47 Å². The summed E-state index contributed by atoms with van der Waals surface area (Å²) in [6.07, 6.45) is 1.58. The van der Waals surface area contributed by atoms with Crippen LogP contribution in [0.2, 0.25) is 10.0 Å². The van der Waals surface area contributed by atoms with E-state index < -0.39 is 11.9 Å². The van der Waals surface area contributed by atoms with E-state index >= 15 is 0 Å². The van der Waals surface area contributed by atoms with Crippen molar-refractivity contribution in [2.75, 3.05) is 7.11 Å². The van der Waals surface area contributed by atoms with E-state index in [1.54, 1.807) is 72.8 Å². The summed E-state index contributed by atoms with van der Waals surface area (Å²) in [5, 5.41) is 0.708. The average Bonchev–Trinajstić information content (AvgIpc) is 3.08. The highest BCUT2D eigenvalue weighted by Gasteiger charge is 2.35. The summed E-state index contributed by atoms with van der Waals surface area (Å²) in [6.45, 7) is 0.145. The Balaban J connectivity index is 1.54. The Morgan fingerprint density at radius 3 is 2.24 bits per heavy atom. The maximum atomic E-state index is 12.9. The number of hydrogen-bond acceptors (Lipinski definition) is 6. The Morgan fingerprint density at radius 2 is 1.59 bits per heavy atom. The normalized spacial score (nSPS) is 14.6. The Morgan fingerprint density at radius 1 is 0.941 bits per heavy atom. The molecule has 172 valence electrons. The summed E-state index contributed by atoms with van der Waals surface area (Å²) in [6, 6.07) is 18.1. The zero-order valence-electron chi connectivity index (χ0n) is 17.8. The Kier molecular flexibility index (Phi) is 7.26. The minimum Gasteiger partial charge on any atom is -0.493 e. The predicted octanol–water partition coefficient (Wildman–Crippen LogP) is 6.46. The zero-order valence-corrected chi connectivity index (χ0v) is 20.1. The lowest BCUT2D eigenvalue weighted by Gasteiger charge is -2.12. The van der Waals surface area contributed by atoms with Crippen LogP contribution in [0.25, 0.3) is 6.08 Å². The van der Waals surface area contributed by atoms with Gasteiger partial charge in [-0.3, -0.25) is 14.5 Å². The molecule has 1 aliphatic rings. The summed E-state index contributed by atoms with van der Waals surface area (Å²) < 4.78 is 10.8. The lowest BCUT2D eigenvalue weighted by atomic mass is 10.1. The maximum absolute atomic E-state index is 12.9. The third-order valence-electron chi connectivity index (χ3n) is 4.90. The molecule has 4 rings (SSSR count). The number of carbonyl (C=O) groups excluding carboxylic acids is 3. The SMILES string of the molecule is COc1ccc(/C=C2\SC(=O)N(Cc3ccc(Cl)cc3)C2=O)cc1OC(=O)c1ccc(Cl)cc1. The van der Waals surface area contributed by atoms with Gasteiger partial charge in [-0.2, -0.15) is 0 Å². The van der Waals surface area contributed by atoms with Crippen molar-refractivity contribution in [2.24, 2.45) is 0 Å². The zero-order chi connectivity index (χ0) is 24.2. The van der Waals surface area contributed by atoms with Crippen LogP contribution in [0.5, 0.6) is 11.5 Å². The number of nitrogens with zero attached hydrogens (tertiary/aromatic N) is 1. The number of rotatable bonds is 6. The van der Waals surface area contributed by atoms with Crippen molar-refractivity contribution in [3.8, 4) is 11.5 Å². The number of benzene rings is 3. The van der Waals surface area contributed by atoms with E-state index in [1.807, 2.05) is 0 Å². The van der Waals surface area contributed by atoms with Crippen LogP contribution in [0, 0.1) is 0 Å². The maximum Gasteiger partial charge on any atom is 0.343 e. The molecule has 0 radical (unpaired) electrons. The molecule has 0 saturated carbocycles. The van der Waals surface area contributed by atoms with E-state index in [0.717, 1.165) is 17.3 Å². The number of imide groups is 1. The molecule has 1 aliphatic heterocycles. The number of amides is 2. The van der Waals surface area contributed by atoms with Gasteiger partial charge in [0.25, 0.3) is 11.1 Å². The predicted molar refractivity (Wildman–Crippen MR) is 132 cm³/mol. The van der Waals surface area contributed by atoms with Crippen LogP contribution in [0.1, 0.15) is 21.5 Å². The van der Waals surface area contributed by atoms with Gasteiger partial charge in [-0.1, -0.05) is 41.4 Å². The molecule has 0 N–H and O–H groups in total. The average molecular weight is 514 g/mol. The molecule has 0 atom stereocenters. The van der Waals surface area contributed by atoms with Crippen molar-refractivity contribution in [3.05, 3.63) is 98.4 Å². The topological polar surface area (TPSA) is 72.9 Å².